The predicted octanol–water partition coefficient (Wildman–Crippen LogP) is 3.05. The molecule has 5 nitrogen and oxygen atoms in total. The molecule has 0 aliphatic heterocycles. The van der Waals surface area contributed by atoms with E-state index in [4.69, 9.17) is 14.6 Å². The predicted molar refractivity (Wildman–Crippen MR) is 110 cm³/mol. The van der Waals surface area contributed by atoms with Gasteiger partial charge >= 0.3 is 0 Å². The first-order valence-electron chi connectivity index (χ1n) is 9.82. The number of carbonyl (C=O) groups is 1. The molecule has 2 aliphatic carbocycles. The number of carbonyl (C=O) groups excluding carboxylic acids is 1. The van der Waals surface area contributed by atoms with Crippen molar-refractivity contribution in [1.29, 1.82) is 0 Å². The summed E-state index contributed by atoms with van der Waals surface area (Å²) in [6, 6.07) is 11.6. The molecule has 2 aromatic carbocycles. The molecule has 2 aromatic rings. The summed E-state index contributed by atoms with van der Waals surface area (Å²) in [5.41, 5.74) is 6.55. The number of aliphatic hydroxyl groups excluding tert-OH is 2. The van der Waals surface area contributed by atoms with Crippen LogP contribution in [0.15, 0.2) is 42.0 Å². The van der Waals surface area contributed by atoms with E-state index in [0.717, 1.165) is 34.3 Å². The Morgan fingerprint density at radius 1 is 1.14 bits per heavy atom. The van der Waals surface area contributed by atoms with Crippen LogP contribution in [-0.4, -0.2) is 42.4 Å². The third-order valence-corrected chi connectivity index (χ3v) is 5.96. The zero-order chi connectivity index (χ0) is 20.8. The quantitative estimate of drug-likeness (QED) is 0.788. The second-order valence-electron chi connectivity index (χ2n) is 8.26. The van der Waals surface area contributed by atoms with Crippen LogP contribution in [0.3, 0.4) is 0 Å². The molecule has 0 bridgehead atoms. The van der Waals surface area contributed by atoms with Gasteiger partial charge in [-0.1, -0.05) is 32.0 Å². The first kappa shape index (κ1) is 19.8. The molecule has 2 aliphatic rings. The van der Waals surface area contributed by atoms with E-state index in [1.54, 1.807) is 19.2 Å². The van der Waals surface area contributed by atoms with Crippen LogP contribution in [0.2, 0.25) is 0 Å². The molecule has 1 atom stereocenters. The molecule has 0 saturated heterocycles. The third kappa shape index (κ3) is 3.29. The summed E-state index contributed by atoms with van der Waals surface area (Å²) in [5, 5.41) is 18.5. The molecule has 0 spiro atoms. The van der Waals surface area contributed by atoms with Crippen molar-refractivity contribution in [2.24, 2.45) is 0 Å². The minimum Gasteiger partial charge on any atom is -0.491 e. The zero-order valence-electron chi connectivity index (χ0n) is 17.0. The van der Waals surface area contributed by atoms with Crippen LogP contribution >= 0.6 is 0 Å². The van der Waals surface area contributed by atoms with Gasteiger partial charge in [-0.25, -0.2) is 0 Å². The lowest BCUT2D eigenvalue weighted by atomic mass is 9.68. The summed E-state index contributed by atoms with van der Waals surface area (Å²) in [4.78, 5) is 13.4. The summed E-state index contributed by atoms with van der Waals surface area (Å²) in [7, 11) is 1.68. The van der Waals surface area contributed by atoms with Gasteiger partial charge in [0.1, 0.15) is 18.5 Å². The molecular formula is C24H26O5. The van der Waals surface area contributed by atoms with Gasteiger partial charge < -0.3 is 19.7 Å². The maximum absolute atomic E-state index is 13.4. The van der Waals surface area contributed by atoms with Gasteiger partial charge in [-0.05, 0) is 52.4 Å². The van der Waals surface area contributed by atoms with Crippen molar-refractivity contribution in [3.05, 3.63) is 69.8 Å². The molecule has 0 saturated carbocycles. The Morgan fingerprint density at radius 3 is 2.62 bits per heavy atom. The average Bonchev–Trinajstić information content (AvgIpc) is 3.10. The number of methoxy groups -OCH3 is 1. The number of hydrogen-bond donors (Lipinski definition) is 2. The SMILES string of the molecule is COCc1ccc2c(c1)CC1=C2C(=O)c2ccc(OC[C@H](O)CO)cc2C1(C)C. The lowest BCUT2D eigenvalue weighted by molar-refractivity contribution is 0.0535. The molecule has 5 heteroatoms. The van der Waals surface area contributed by atoms with Gasteiger partial charge in [-0.15, -0.1) is 0 Å². The lowest BCUT2D eigenvalue weighted by Crippen LogP contribution is -2.30. The Kier molecular flexibility index (Phi) is 5.07. The first-order valence-corrected chi connectivity index (χ1v) is 9.82. The molecule has 0 amide bonds. The van der Waals surface area contributed by atoms with Crippen LogP contribution < -0.4 is 4.74 Å². The van der Waals surface area contributed by atoms with Gasteiger partial charge in [-0.3, -0.25) is 4.79 Å². The molecule has 2 N–H and O–H groups in total. The number of aliphatic hydroxyl groups is 2. The van der Waals surface area contributed by atoms with Crippen LogP contribution in [0.4, 0.5) is 0 Å². The second-order valence-corrected chi connectivity index (χ2v) is 8.26. The number of ketones is 1. The van der Waals surface area contributed by atoms with E-state index >= 15 is 0 Å². The molecule has 0 unspecified atom stereocenters. The summed E-state index contributed by atoms with van der Waals surface area (Å²) in [6.07, 6.45) is -0.185. The van der Waals surface area contributed by atoms with Crippen molar-refractivity contribution >= 4 is 11.4 Å². The van der Waals surface area contributed by atoms with Gasteiger partial charge in [0.25, 0.3) is 0 Å². The minimum atomic E-state index is -0.930. The maximum atomic E-state index is 13.4. The molecule has 0 fully saturated rings. The lowest BCUT2D eigenvalue weighted by Gasteiger charge is -2.34. The van der Waals surface area contributed by atoms with Gasteiger partial charge in [0.15, 0.2) is 5.78 Å². The molecule has 0 radical (unpaired) electrons. The number of ether oxygens (including phenoxy) is 2. The summed E-state index contributed by atoms with van der Waals surface area (Å²) in [6.45, 7) is 4.49. The van der Waals surface area contributed by atoms with E-state index in [-0.39, 0.29) is 24.4 Å². The van der Waals surface area contributed by atoms with Gasteiger partial charge in [-0.2, -0.15) is 0 Å². The highest BCUT2D eigenvalue weighted by atomic mass is 16.5. The molecule has 152 valence electrons. The normalized spacial score (nSPS) is 17.6. The monoisotopic (exact) mass is 394 g/mol. The van der Waals surface area contributed by atoms with Crippen LogP contribution in [0, 0.1) is 0 Å². The summed E-state index contributed by atoms with van der Waals surface area (Å²) < 4.78 is 10.9. The molecule has 29 heavy (non-hydrogen) atoms. The molecule has 0 aromatic heterocycles. The fourth-order valence-electron chi connectivity index (χ4n) is 4.40. The number of rotatable bonds is 6. The standard InChI is InChI=1S/C24H26O5/c1-24(2)20-10-17(29-13-16(26)11-25)5-7-19(20)23(27)22-18-6-4-14(12-28-3)8-15(18)9-21(22)24/h4-8,10,16,25-26H,9,11-13H2,1-3H3/t16-/m1/s1. The Morgan fingerprint density at radius 2 is 1.90 bits per heavy atom. The summed E-state index contributed by atoms with van der Waals surface area (Å²) >= 11 is 0. The van der Waals surface area contributed by atoms with E-state index in [2.05, 4.69) is 19.9 Å². The second kappa shape index (κ2) is 7.41. The smallest absolute Gasteiger partial charge is 0.193 e. The topological polar surface area (TPSA) is 76.0 Å². The minimum absolute atomic E-state index is 0.00528. The average molecular weight is 394 g/mol. The Labute approximate surface area is 170 Å². The fraction of sp³-hybridized carbons (Fsp3) is 0.375. The maximum Gasteiger partial charge on any atom is 0.193 e. The molecule has 4 rings (SSSR count). The Hall–Kier alpha value is -2.47. The highest BCUT2D eigenvalue weighted by Gasteiger charge is 2.42. The number of fused-ring (bicyclic) bond motifs is 3. The van der Waals surface area contributed by atoms with Crippen LogP contribution in [0.5, 0.6) is 5.75 Å². The van der Waals surface area contributed by atoms with E-state index in [0.29, 0.717) is 17.9 Å². The summed E-state index contributed by atoms with van der Waals surface area (Å²) in [5.74, 6) is 0.633. The van der Waals surface area contributed by atoms with Crippen LogP contribution in [0.25, 0.3) is 5.57 Å². The van der Waals surface area contributed by atoms with E-state index in [1.165, 1.54) is 5.56 Å². The van der Waals surface area contributed by atoms with Crippen molar-refractivity contribution in [3.63, 3.8) is 0 Å². The fourth-order valence-corrected chi connectivity index (χ4v) is 4.40. The van der Waals surface area contributed by atoms with Crippen molar-refractivity contribution < 1.29 is 24.5 Å². The van der Waals surface area contributed by atoms with Crippen molar-refractivity contribution in [2.45, 2.75) is 38.4 Å². The van der Waals surface area contributed by atoms with E-state index < -0.39 is 6.10 Å². The zero-order valence-corrected chi connectivity index (χ0v) is 17.0. The van der Waals surface area contributed by atoms with Crippen molar-refractivity contribution in [1.82, 2.24) is 0 Å². The molecule has 0 heterocycles. The van der Waals surface area contributed by atoms with E-state index in [9.17, 15) is 9.90 Å². The van der Waals surface area contributed by atoms with Crippen molar-refractivity contribution in [2.75, 3.05) is 20.3 Å². The molecular weight excluding hydrogens is 368 g/mol. The van der Waals surface area contributed by atoms with Gasteiger partial charge in [0.05, 0.1) is 13.2 Å². The number of Topliss-reactive ketones (excluding diaryl/α,β-unsaturated/α-hetero) is 1. The largest absolute Gasteiger partial charge is 0.491 e. The number of hydrogen-bond acceptors (Lipinski definition) is 5. The highest BCUT2D eigenvalue weighted by Crippen LogP contribution is 2.50. The van der Waals surface area contributed by atoms with Crippen molar-refractivity contribution in [3.8, 4) is 5.75 Å². The Bertz CT molecular complexity index is 1000. The number of benzene rings is 2. The van der Waals surface area contributed by atoms with Gasteiger partial charge in [0, 0.05) is 23.7 Å². The van der Waals surface area contributed by atoms with Gasteiger partial charge in [0.2, 0.25) is 0 Å². The third-order valence-electron chi connectivity index (χ3n) is 5.96. The first-order chi connectivity index (χ1) is 13.9. The Balaban J connectivity index is 1.72. The number of allylic oxidation sites excluding steroid dienone is 2. The van der Waals surface area contributed by atoms with Crippen LogP contribution in [0.1, 0.15) is 46.5 Å². The van der Waals surface area contributed by atoms with E-state index in [1.807, 2.05) is 18.2 Å². The van der Waals surface area contributed by atoms with Crippen LogP contribution in [-0.2, 0) is 23.2 Å². The highest BCUT2D eigenvalue weighted by molar-refractivity contribution is 6.33.